The molecule has 18 atom stereocenters. The van der Waals surface area contributed by atoms with Gasteiger partial charge in [-0.1, -0.05) is 26.8 Å². The van der Waals surface area contributed by atoms with Crippen molar-refractivity contribution in [3.8, 4) is 0 Å². The highest BCUT2D eigenvalue weighted by atomic mass is 17.2. The average Bonchev–Trinajstić information content (AvgIpc) is 3.18. The molecule has 50 heavy (non-hydrogen) atoms. The smallest absolute Gasteiger partial charge is 0.318 e. The van der Waals surface area contributed by atoms with E-state index in [1.165, 1.54) is 0 Å². The van der Waals surface area contributed by atoms with Gasteiger partial charge in [-0.2, -0.15) is 0 Å². The molecule has 1 spiro atoms. The fourth-order valence-electron chi connectivity index (χ4n) is 11.0. The molecule has 16 heteroatoms. The van der Waals surface area contributed by atoms with E-state index in [1.54, 1.807) is 0 Å². The number of carbonyl (C=O) groups excluding carboxylic acids is 1. The molecular weight excluding hydrogens is 664 g/mol. The number of fused-ring (bicyclic) bond motifs is 3. The van der Waals surface area contributed by atoms with Crippen LogP contribution in [0.25, 0.3) is 0 Å². The van der Waals surface area contributed by atoms with Gasteiger partial charge in [-0.05, 0) is 86.0 Å². The van der Waals surface area contributed by atoms with Crippen molar-refractivity contribution < 1.29 is 79.5 Å². The van der Waals surface area contributed by atoms with Crippen molar-refractivity contribution in [2.75, 3.05) is 13.2 Å². The molecule has 8 unspecified atom stereocenters. The number of hydrogen-bond acceptors (Lipinski definition) is 16. The number of aliphatic hydroxyl groups excluding tert-OH is 9. The quantitative estimate of drug-likeness (QED) is 0.0442. The standard InChI is InChI=1S/C34H54O16/c1-15-12-33-10-6-19-31(3,20(33)7-11-34(15,16(33)2)50-49-28-26(42)24(40)22(38)18(14-36)46-28)8-5-9-32(19,4)29(43)48-30(44)47-27-25(41)23(39)21(37)17(13-35)45-27/h16-28,30,35-42,44H,1,5-14H2,2-4H3/t16-,17?,18?,19?,20+,21-,22-,23?,24?,25?,26?,27+,28+,30?,31-,32-,33-,34-/m1/s1. The van der Waals surface area contributed by atoms with Crippen LogP contribution < -0.4 is 0 Å². The van der Waals surface area contributed by atoms with Crippen molar-refractivity contribution >= 4 is 5.97 Å². The molecule has 4 aliphatic carbocycles. The van der Waals surface area contributed by atoms with E-state index in [4.69, 9.17) is 28.7 Å². The Morgan fingerprint density at radius 1 is 0.840 bits per heavy atom. The van der Waals surface area contributed by atoms with Crippen LogP contribution >= 0.6 is 0 Å². The van der Waals surface area contributed by atoms with Gasteiger partial charge in [0.25, 0.3) is 0 Å². The van der Waals surface area contributed by atoms with Crippen molar-refractivity contribution in [3.05, 3.63) is 12.2 Å². The first-order chi connectivity index (χ1) is 23.5. The van der Waals surface area contributed by atoms with Crippen molar-refractivity contribution in [2.24, 2.45) is 34.0 Å². The van der Waals surface area contributed by atoms with Crippen molar-refractivity contribution in [1.82, 2.24) is 0 Å². The Morgan fingerprint density at radius 2 is 1.42 bits per heavy atom. The summed E-state index contributed by atoms with van der Waals surface area (Å²) in [7, 11) is 0. The van der Waals surface area contributed by atoms with Crippen LogP contribution in [0.3, 0.4) is 0 Å². The van der Waals surface area contributed by atoms with Crippen molar-refractivity contribution in [1.29, 1.82) is 0 Å². The summed E-state index contributed by atoms with van der Waals surface area (Å²) >= 11 is 0. The van der Waals surface area contributed by atoms with E-state index >= 15 is 0 Å². The second-order valence-corrected chi connectivity index (χ2v) is 16.0. The van der Waals surface area contributed by atoms with E-state index in [-0.39, 0.29) is 28.6 Å². The molecule has 16 nitrogen and oxygen atoms in total. The van der Waals surface area contributed by atoms with Crippen molar-refractivity contribution in [3.63, 3.8) is 0 Å². The largest absolute Gasteiger partial charge is 0.410 e. The second-order valence-electron chi connectivity index (χ2n) is 16.0. The first-order valence-corrected chi connectivity index (χ1v) is 17.7. The molecule has 2 saturated heterocycles. The molecule has 6 rings (SSSR count). The first-order valence-electron chi connectivity index (χ1n) is 17.7. The van der Waals surface area contributed by atoms with E-state index in [0.29, 0.717) is 25.7 Å². The molecule has 2 heterocycles. The number of hydrogen-bond donors (Lipinski definition) is 9. The van der Waals surface area contributed by atoms with Crippen LogP contribution in [0.15, 0.2) is 12.2 Å². The molecule has 286 valence electrons. The Hall–Kier alpha value is -1.35. The third-order valence-corrected chi connectivity index (χ3v) is 13.8. The molecule has 6 fully saturated rings. The van der Waals surface area contributed by atoms with Crippen LogP contribution in [0.2, 0.25) is 0 Å². The van der Waals surface area contributed by atoms with E-state index in [9.17, 15) is 50.8 Å². The van der Waals surface area contributed by atoms with Crippen molar-refractivity contribution in [2.45, 2.75) is 146 Å². The van der Waals surface area contributed by atoms with Gasteiger partial charge in [0.05, 0.1) is 18.6 Å². The summed E-state index contributed by atoms with van der Waals surface area (Å²) in [4.78, 5) is 25.7. The zero-order valence-corrected chi connectivity index (χ0v) is 28.7. The fraction of sp³-hybridized carbons (Fsp3) is 0.912. The third-order valence-electron chi connectivity index (χ3n) is 13.8. The monoisotopic (exact) mass is 718 g/mol. The Kier molecular flexibility index (Phi) is 10.6. The van der Waals surface area contributed by atoms with Gasteiger partial charge in [-0.25, -0.2) is 9.78 Å². The number of ether oxygens (including phenoxy) is 4. The summed E-state index contributed by atoms with van der Waals surface area (Å²) in [6, 6.07) is 0. The predicted molar refractivity (Wildman–Crippen MR) is 166 cm³/mol. The van der Waals surface area contributed by atoms with Gasteiger partial charge in [-0.15, -0.1) is 0 Å². The summed E-state index contributed by atoms with van der Waals surface area (Å²) in [5.41, 5.74) is -1.62. The molecule has 0 aromatic heterocycles. The number of carbonyl (C=O) groups is 1. The number of rotatable bonds is 9. The van der Waals surface area contributed by atoms with E-state index < -0.39 is 98.1 Å². The van der Waals surface area contributed by atoms with E-state index in [1.807, 2.05) is 6.92 Å². The van der Waals surface area contributed by atoms with Crippen LogP contribution in [0.4, 0.5) is 0 Å². The lowest BCUT2D eigenvalue weighted by atomic mass is 9.39. The first kappa shape index (κ1) is 38.4. The lowest BCUT2D eigenvalue weighted by Gasteiger charge is -2.65. The molecule has 6 aliphatic rings. The molecule has 0 radical (unpaired) electrons. The van der Waals surface area contributed by atoms with Gasteiger partial charge >= 0.3 is 12.4 Å². The average molecular weight is 719 g/mol. The van der Waals surface area contributed by atoms with Gasteiger partial charge in [0.1, 0.15) is 54.4 Å². The molecule has 0 aromatic carbocycles. The third kappa shape index (κ3) is 5.78. The Morgan fingerprint density at radius 3 is 2.04 bits per heavy atom. The van der Waals surface area contributed by atoms with Gasteiger partial charge < -0.3 is 60.2 Å². The minimum absolute atomic E-state index is 0.0854. The van der Waals surface area contributed by atoms with Gasteiger partial charge in [0, 0.05) is 0 Å². The summed E-state index contributed by atoms with van der Waals surface area (Å²) in [6.45, 7) is 7.14. The van der Waals surface area contributed by atoms with Crippen LogP contribution in [-0.2, 0) is 33.5 Å². The molecule has 0 amide bonds. The van der Waals surface area contributed by atoms with Crippen LogP contribution in [0, 0.1) is 34.0 Å². The Labute approximate surface area is 290 Å². The van der Waals surface area contributed by atoms with E-state index in [0.717, 1.165) is 31.3 Å². The second kappa shape index (κ2) is 13.8. The maximum atomic E-state index is 13.9. The number of aliphatic hydroxyl groups is 9. The highest BCUT2D eigenvalue weighted by molar-refractivity contribution is 5.77. The molecule has 2 aliphatic heterocycles. The summed E-state index contributed by atoms with van der Waals surface area (Å²) in [5, 5.41) is 91.0. The summed E-state index contributed by atoms with van der Waals surface area (Å²) in [6.07, 6.45) is -9.98. The van der Waals surface area contributed by atoms with Gasteiger partial charge in [0.2, 0.25) is 6.29 Å². The highest BCUT2D eigenvalue weighted by Crippen LogP contribution is 2.75. The normalized spacial score (nSPS) is 52.6. The molecule has 2 bridgehead atoms. The molecule has 4 saturated carbocycles. The predicted octanol–water partition coefficient (Wildman–Crippen LogP) is -1.29. The molecular formula is C34H54O16. The van der Waals surface area contributed by atoms with Crippen LogP contribution in [-0.4, -0.2) is 139 Å². The topological polar surface area (TPSA) is 255 Å². The summed E-state index contributed by atoms with van der Waals surface area (Å²) in [5.74, 6) is -0.717. The zero-order chi connectivity index (χ0) is 36.6. The van der Waals surface area contributed by atoms with Gasteiger partial charge in [0.15, 0.2) is 6.29 Å². The lowest BCUT2D eigenvalue weighted by Crippen LogP contribution is -2.62. The van der Waals surface area contributed by atoms with E-state index in [2.05, 4.69) is 20.4 Å². The maximum absolute atomic E-state index is 13.9. The Bertz CT molecular complexity index is 1270. The zero-order valence-electron chi connectivity index (χ0n) is 28.7. The van der Waals surface area contributed by atoms with Crippen LogP contribution in [0.1, 0.15) is 72.1 Å². The van der Waals surface area contributed by atoms with Gasteiger partial charge in [-0.3, -0.25) is 9.53 Å². The maximum Gasteiger partial charge on any atom is 0.318 e. The Balaban J connectivity index is 1.15. The lowest BCUT2D eigenvalue weighted by molar-refractivity contribution is -0.462. The summed E-state index contributed by atoms with van der Waals surface area (Å²) < 4.78 is 21.5. The molecule has 9 N–H and O–H groups in total. The minimum Gasteiger partial charge on any atom is -0.410 e. The number of esters is 1. The van der Waals surface area contributed by atoms with Crippen LogP contribution in [0.5, 0.6) is 0 Å². The SMILES string of the molecule is C=C1C[C@@]23CCC4[C@](C)(C(=O)OC(O)O[C@@H]5OC(CO)[C@@H](O)C(O)C5O)CCC[C@@]4(C)[C@@H]2CC[C@]1(OO[C@@H]1OC(CO)[C@@H](O)C(O)C1O)[C@@H]3C. The minimum atomic E-state index is -2.15. The highest BCUT2D eigenvalue weighted by Gasteiger charge is 2.72. The fourth-order valence-corrected chi connectivity index (χ4v) is 11.0. The molecule has 0 aromatic rings.